The van der Waals surface area contributed by atoms with Crippen LogP contribution in [0.5, 0.6) is 11.5 Å². The van der Waals surface area contributed by atoms with Gasteiger partial charge in [0, 0.05) is 17.6 Å². The standard InChI is InChI=1S/C19H15N3O2S/c1-23-15-8-13(9-16(10-15)24-2)7-14(11-20)19-22-18(12-25-19)17-5-3-4-6-21-17/h3-10,12H,1-2H3/b14-7-. The molecule has 0 amide bonds. The summed E-state index contributed by atoms with van der Waals surface area (Å²) in [5.74, 6) is 1.33. The lowest BCUT2D eigenvalue weighted by Crippen LogP contribution is -1.89. The van der Waals surface area contributed by atoms with Gasteiger partial charge in [0.15, 0.2) is 0 Å². The van der Waals surface area contributed by atoms with E-state index in [0.717, 1.165) is 17.0 Å². The molecule has 0 aliphatic rings. The van der Waals surface area contributed by atoms with Crippen LogP contribution in [0.2, 0.25) is 0 Å². The molecule has 0 bridgehead atoms. The lowest BCUT2D eigenvalue weighted by molar-refractivity contribution is 0.394. The van der Waals surface area contributed by atoms with Crippen molar-refractivity contribution in [2.24, 2.45) is 0 Å². The Kier molecular flexibility index (Phi) is 5.07. The minimum atomic E-state index is 0.475. The molecule has 2 aromatic heterocycles. The van der Waals surface area contributed by atoms with Crippen LogP contribution in [-0.2, 0) is 0 Å². The van der Waals surface area contributed by atoms with Gasteiger partial charge in [-0.2, -0.15) is 5.26 Å². The maximum Gasteiger partial charge on any atom is 0.134 e. The molecule has 0 fully saturated rings. The third-order valence-electron chi connectivity index (χ3n) is 3.47. The highest BCUT2D eigenvalue weighted by atomic mass is 32.1. The number of allylic oxidation sites excluding steroid dienone is 1. The zero-order valence-corrected chi connectivity index (χ0v) is 14.6. The molecule has 0 saturated carbocycles. The number of nitriles is 1. The van der Waals surface area contributed by atoms with Gasteiger partial charge in [0.05, 0.1) is 25.5 Å². The maximum atomic E-state index is 9.54. The average Bonchev–Trinajstić information content (AvgIpc) is 3.16. The van der Waals surface area contributed by atoms with Crippen molar-refractivity contribution in [2.45, 2.75) is 0 Å². The molecule has 0 radical (unpaired) electrons. The fraction of sp³-hybridized carbons (Fsp3) is 0.105. The summed E-state index contributed by atoms with van der Waals surface area (Å²) in [6, 6.07) is 13.3. The fourth-order valence-electron chi connectivity index (χ4n) is 2.25. The molecule has 0 unspecified atom stereocenters. The van der Waals surface area contributed by atoms with E-state index < -0.39 is 0 Å². The Hall–Kier alpha value is -3.17. The summed E-state index contributed by atoms with van der Waals surface area (Å²) in [6.45, 7) is 0. The third-order valence-corrected chi connectivity index (χ3v) is 4.34. The van der Waals surface area contributed by atoms with E-state index >= 15 is 0 Å². The highest BCUT2D eigenvalue weighted by Crippen LogP contribution is 2.28. The molecule has 0 aliphatic heterocycles. The van der Waals surface area contributed by atoms with E-state index in [4.69, 9.17) is 9.47 Å². The first-order valence-electron chi connectivity index (χ1n) is 7.45. The molecule has 124 valence electrons. The lowest BCUT2D eigenvalue weighted by Gasteiger charge is -2.06. The molecular formula is C19H15N3O2S. The van der Waals surface area contributed by atoms with Crippen LogP contribution in [0.25, 0.3) is 23.0 Å². The number of aromatic nitrogens is 2. The van der Waals surface area contributed by atoms with Gasteiger partial charge in [-0.15, -0.1) is 11.3 Å². The monoisotopic (exact) mass is 349 g/mol. The van der Waals surface area contributed by atoms with Crippen molar-refractivity contribution in [3.8, 4) is 29.0 Å². The van der Waals surface area contributed by atoms with Crippen LogP contribution in [0.3, 0.4) is 0 Å². The van der Waals surface area contributed by atoms with E-state index in [1.165, 1.54) is 11.3 Å². The number of ether oxygens (including phenoxy) is 2. The second kappa shape index (κ2) is 7.60. The largest absolute Gasteiger partial charge is 0.497 e. The van der Waals surface area contributed by atoms with Gasteiger partial charge in [-0.25, -0.2) is 4.98 Å². The van der Waals surface area contributed by atoms with Crippen molar-refractivity contribution in [1.29, 1.82) is 5.26 Å². The van der Waals surface area contributed by atoms with Crippen LogP contribution in [0.1, 0.15) is 10.6 Å². The van der Waals surface area contributed by atoms with E-state index in [-0.39, 0.29) is 0 Å². The van der Waals surface area contributed by atoms with Crippen LogP contribution >= 0.6 is 11.3 Å². The number of rotatable bonds is 5. The van der Waals surface area contributed by atoms with Crippen LogP contribution < -0.4 is 9.47 Å². The van der Waals surface area contributed by atoms with Gasteiger partial charge >= 0.3 is 0 Å². The summed E-state index contributed by atoms with van der Waals surface area (Å²) in [5.41, 5.74) is 2.82. The molecule has 5 nitrogen and oxygen atoms in total. The SMILES string of the molecule is COc1cc(/C=C(/C#N)c2nc(-c3ccccn3)cs2)cc(OC)c1. The summed E-state index contributed by atoms with van der Waals surface area (Å²) in [5, 5.41) is 12.1. The van der Waals surface area contributed by atoms with Gasteiger partial charge in [0.25, 0.3) is 0 Å². The lowest BCUT2D eigenvalue weighted by atomic mass is 10.1. The Morgan fingerprint density at radius 3 is 2.48 bits per heavy atom. The summed E-state index contributed by atoms with van der Waals surface area (Å²) in [6.07, 6.45) is 3.49. The number of methoxy groups -OCH3 is 2. The number of hydrogen-bond donors (Lipinski definition) is 0. The molecule has 3 aromatic rings. The Labute approximate surface area is 149 Å². The third kappa shape index (κ3) is 3.84. The Balaban J connectivity index is 1.97. The number of nitrogens with zero attached hydrogens (tertiary/aromatic N) is 3. The van der Waals surface area contributed by atoms with Crippen LogP contribution in [-0.4, -0.2) is 24.2 Å². The summed E-state index contributed by atoms with van der Waals surface area (Å²) >= 11 is 1.41. The van der Waals surface area contributed by atoms with Crippen molar-refractivity contribution in [2.75, 3.05) is 14.2 Å². The molecule has 25 heavy (non-hydrogen) atoms. The Morgan fingerprint density at radius 1 is 1.12 bits per heavy atom. The van der Waals surface area contributed by atoms with Gasteiger partial charge in [0.2, 0.25) is 0 Å². The van der Waals surface area contributed by atoms with Gasteiger partial charge in [-0.05, 0) is 35.9 Å². The molecule has 2 heterocycles. The molecule has 3 rings (SSSR count). The normalized spacial score (nSPS) is 11.0. The molecule has 1 aromatic carbocycles. The van der Waals surface area contributed by atoms with Crippen molar-refractivity contribution < 1.29 is 9.47 Å². The molecule has 0 spiro atoms. The Morgan fingerprint density at radius 2 is 1.88 bits per heavy atom. The predicted molar refractivity (Wildman–Crippen MR) is 98.4 cm³/mol. The first-order valence-corrected chi connectivity index (χ1v) is 8.33. The van der Waals surface area contributed by atoms with Crippen LogP contribution in [0.15, 0.2) is 48.0 Å². The second-order valence-corrected chi connectivity index (χ2v) is 5.93. The molecule has 0 aliphatic carbocycles. The first-order chi connectivity index (χ1) is 12.2. The quantitative estimate of drug-likeness (QED) is 0.643. The van der Waals surface area contributed by atoms with Crippen molar-refractivity contribution in [3.05, 3.63) is 58.5 Å². The van der Waals surface area contributed by atoms with Gasteiger partial charge in [0.1, 0.15) is 28.3 Å². The van der Waals surface area contributed by atoms with Crippen molar-refractivity contribution in [3.63, 3.8) is 0 Å². The average molecular weight is 349 g/mol. The van der Waals surface area contributed by atoms with Gasteiger partial charge in [-0.1, -0.05) is 6.07 Å². The Bertz CT molecular complexity index is 921. The smallest absolute Gasteiger partial charge is 0.134 e. The molecule has 0 N–H and O–H groups in total. The summed E-state index contributed by atoms with van der Waals surface area (Å²) < 4.78 is 10.5. The summed E-state index contributed by atoms with van der Waals surface area (Å²) in [7, 11) is 3.18. The first kappa shape index (κ1) is 16.7. The topological polar surface area (TPSA) is 68.0 Å². The van der Waals surface area contributed by atoms with E-state index in [9.17, 15) is 5.26 Å². The second-order valence-electron chi connectivity index (χ2n) is 5.07. The van der Waals surface area contributed by atoms with Crippen LogP contribution in [0.4, 0.5) is 0 Å². The number of pyridine rings is 1. The minimum absolute atomic E-state index is 0.475. The van der Waals surface area contributed by atoms with Crippen molar-refractivity contribution in [1.82, 2.24) is 9.97 Å². The fourth-order valence-corrected chi connectivity index (χ4v) is 3.03. The van der Waals surface area contributed by atoms with Crippen LogP contribution in [0, 0.1) is 11.3 Å². The van der Waals surface area contributed by atoms with Gasteiger partial charge < -0.3 is 9.47 Å². The van der Waals surface area contributed by atoms with E-state index in [2.05, 4.69) is 16.0 Å². The molecule has 0 atom stereocenters. The van der Waals surface area contributed by atoms with E-state index in [1.807, 2.05) is 35.7 Å². The molecular weight excluding hydrogens is 334 g/mol. The zero-order chi connectivity index (χ0) is 17.6. The molecule has 6 heteroatoms. The maximum absolute atomic E-state index is 9.54. The number of hydrogen-bond acceptors (Lipinski definition) is 6. The van der Waals surface area contributed by atoms with E-state index in [0.29, 0.717) is 22.1 Å². The predicted octanol–water partition coefficient (Wildman–Crippen LogP) is 4.29. The molecule has 0 saturated heterocycles. The van der Waals surface area contributed by atoms with Crippen molar-refractivity contribution >= 4 is 23.0 Å². The number of benzene rings is 1. The summed E-state index contributed by atoms with van der Waals surface area (Å²) in [4.78, 5) is 8.82. The highest BCUT2D eigenvalue weighted by molar-refractivity contribution is 7.11. The highest BCUT2D eigenvalue weighted by Gasteiger charge is 2.10. The van der Waals surface area contributed by atoms with Gasteiger partial charge in [-0.3, -0.25) is 4.98 Å². The number of thiazole rings is 1. The minimum Gasteiger partial charge on any atom is -0.497 e. The van der Waals surface area contributed by atoms with E-state index in [1.54, 1.807) is 32.6 Å². The zero-order valence-electron chi connectivity index (χ0n) is 13.8.